The first-order valence-corrected chi connectivity index (χ1v) is 12.0. The summed E-state index contributed by atoms with van der Waals surface area (Å²) in [6.07, 6.45) is 1.19. The molecule has 5 heteroatoms. The van der Waals surface area contributed by atoms with Crippen molar-refractivity contribution < 1.29 is 14.3 Å². The average molecular weight is 457 g/mol. The van der Waals surface area contributed by atoms with E-state index in [9.17, 15) is 9.59 Å². The Balaban J connectivity index is 1.60. The minimum absolute atomic E-state index is 0.134. The molecule has 3 aromatic rings. The zero-order chi connectivity index (χ0) is 24.1. The van der Waals surface area contributed by atoms with Gasteiger partial charge in [0.15, 0.2) is 6.10 Å². The second kappa shape index (κ2) is 10.6. The maximum atomic E-state index is 12.9. The highest BCUT2D eigenvalue weighted by Gasteiger charge is 2.32. The number of aryl methyl sites for hydroxylation is 1. The van der Waals surface area contributed by atoms with Gasteiger partial charge in [-0.25, -0.2) is 0 Å². The van der Waals surface area contributed by atoms with Crippen LogP contribution in [0, 0.1) is 6.92 Å². The van der Waals surface area contributed by atoms with Gasteiger partial charge in [-0.2, -0.15) is 0 Å². The summed E-state index contributed by atoms with van der Waals surface area (Å²) in [6, 6.07) is 23.7. The fourth-order valence-electron chi connectivity index (χ4n) is 4.48. The van der Waals surface area contributed by atoms with Crippen LogP contribution in [0.1, 0.15) is 55.0 Å². The van der Waals surface area contributed by atoms with E-state index in [0.29, 0.717) is 25.1 Å². The number of carbonyl (C=O) groups is 2. The van der Waals surface area contributed by atoms with Gasteiger partial charge in [0.25, 0.3) is 5.91 Å². The summed E-state index contributed by atoms with van der Waals surface area (Å²) in [5.74, 6) is 0.595. The Labute approximate surface area is 201 Å². The lowest BCUT2D eigenvalue weighted by molar-refractivity contribution is -0.133. The summed E-state index contributed by atoms with van der Waals surface area (Å²) in [7, 11) is 0. The third-order valence-electron chi connectivity index (χ3n) is 6.34. The molecule has 0 saturated carbocycles. The van der Waals surface area contributed by atoms with Gasteiger partial charge in [0.2, 0.25) is 5.91 Å². The standard InChI is InChI=1S/C29H32N2O3/c1-4-26(29(33)30-23-14-11-20(3)12-15-23)34-24-16-13-21-17-18-31(27(32)5-2)28(25(21)19-24)22-9-7-6-8-10-22/h6-16,19,26,28H,4-5,17-18H2,1-3H3,(H,30,33)/t26-,28-/m0/s1. The van der Waals surface area contributed by atoms with E-state index < -0.39 is 6.10 Å². The van der Waals surface area contributed by atoms with Gasteiger partial charge in [-0.1, -0.05) is 67.9 Å². The number of nitrogens with one attached hydrogen (secondary N) is 1. The molecule has 0 bridgehead atoms. The number of rotatable bonds is 7. The largest absolute Gasteiger partial charge is 0.481 e. The highest BCUT2D eigenvalue weighted by molar-refractivity contribution is 5.94. The number of fused-ring (bicyclic) bond motifs is 1. The molecule has 2 atom stereocenters. The molecule has 0 spiro atoms. The highest BCUT2D eigenvalue weighted by Crippen LogP contribution is 2.37. The Morgan fingerprint density at radius 3 is 2.44 bits per heavy atom. The van der Waals surface area contributed by atoms with Crippen molar-refractivity contribution in [3.8, 4) is 5.75 Å². The lowest BCUT2D eigenvalue weighted by Crippen LogP contribution is -2.40. The van der Waals surface area contributed by atoms with Crippen molar-refractivity contribution in [2.75, 3.05) is 11.9 Å². The summed E-state index contributed by atoms with van der Waals surface area (Å²) in [6.45, 7) is 6.54. The van der Waals surface area contributed by atoms with E-state index in [1.165, 1.54) is 5.56 Å². The summed E-state index contributed by atoms with van der Waals surface area (Å²) in [4.78, 5) is 27.7. The minimum Gasteiger partial charge on any atom is -0.481 e. The topological polar surface area (TPSA) is 58.6 Å². The van der Waals surface area contributed by atoms with Crippen molar-refractivity contribution in [2.24, 2.45) is 0 Å². The summed E-state index contributed by atoms with van der Waals surface area (Å²) in [5, 5.41) is 2.95. The van der Waals surface area contributed by atoms with Crippen molar-refractivity contribution in [3.05, 3.63) is 95.1 Å². The molecule has 34 heavy (non-hydrogen) atoms. The summed E-state index contributed by atoms with van der Waals surface area (Å²) in [5.41, 5.74) is 5.23. The molecule has 0 unspecified atom stereocenters. The first-order chi connectivity index (χ1) is 16.5. The maximum absolute atomic E-state index is 12.9. The van der Waals surface area contributed by atoms with Crippen molar-refractivity contribution in [1.82, 2.24) is 4.90 Å². The Morgan fingerprint density at radius 1 is 1.03 bits per heavy atom. The number of amides is 2. The predicted molar refractivity (Wildman–Crippen MR) is 135 cm³/mol. The fraction of sp³-hybridized carbons (Fsp3) is 0.310. The van der Waals surface area contributed by atoms with Crippen molar-refractivity contribution in [2.45, 2.75) is 52.2 Å². The van der Waals surface area contributed by atoms with Crippen LogP contribution in [-0.2, 0) is 16.0 Å². The van der Waals surface area contributed by atoms with E-state index in [2.05, 4.69) is 23.5 Å². The molecule has 1 aliphatic rings. The van der Waals surface area contributed by atoms with Crippen LogP contribution in [-0.4, -0.2) is 29.4 Å². The predicted octanol–water partition coefficient (Wildman–Crippen LogP) is 5.68. The molecule has 5 nitrogen and oxygen atoms in total. The normalized spacial score (nSPS) is 15.9. The molecule has 1 N–H and O–H groups in total. The molecular weight excluding hydrogens is 424 g/mol. The lowest BCUT2D eigenvalue weighted by Gasteiger charge is -2.38. The van der Waals surface area contributed by atoms with Crippen LogP contribution < -0.4 is 10.1 Å². The first-order valence-electron chi connectivity index (χ1n) is 12.0. The van der Waals surface area contributed by atoms with Gasteiger partial charge in [0.05, 0.1) is 6.04 Å². The van der Waals surface area contributed by atoms with Crippen molar-refractivity contribution in [1.29, 1.82) is 0 Å². The monoisotopic (exact) mass is 456 g/mol. The fourth-order valence-corrected chi connectivity index (χ4v) is 4.48. The summed E-state index contributed by atoms with van der Waals surface area (Å²) >= 11 is 0. The third-order valence-corrected chi connectivity index (χ3v) is 6.34. The van der Waals surface area contributed by atoms with E-state index in [0.717, 1.165) is 28.8 Å². The van der Waals surface area contributed by atoms with Gasteiger partial charge in [-0.15, -0.1) is 0 Å². The second-order valence-electron chi connectivity index (χ2n) is 8.73. The zero-order valence-electron chi connectivity index (χ0n) is 20.1. The van der Waals surface area contributed by atoms with Gasteiger partial charge in [-0.05, 0) is 60.7 Å². The lowest BCUT2D eigenvalue weighted by atomic mass is 9.87. The number of carbonyl (C=O) groups excluding carboxylic acids is 2. The Hall–Kier alpha value is -3.60. The van der Waals surface area contributed by atoms with E-state index in [4.69, 9.17) is 4.74 Å². The highest BCUT2D eigenvalue weighted by atomic mass is 16.5. The molecule has 0 aliphatic carbocycles. The molecule has 1 heterocycles. The first kappa shape index (κ1) is 23.6. The van der Waals surface area contributed by atoms with Gasteiger partial charge in [0.1, 0.15) is 5.75 Å². The van der Waals surface area contributed by atoms with E-state index in [1.807, 2.05) is 80.3 Å². The Morgan fingerprint density at radius 2 is 1.76 bits per heavy atom. The number of nitrogens with zero attached hydrogens (tertiary/aromatic N) is 1. The number of hydrogen-bond donors (Lipinski definition) is 1. The van der Waals surface area contributed by atoms with Crippen LogP contribution in [0.3, 0.4) is 0 Å². The minimum atomic E-state index is -0.619. The second-order valence-corrected chi connectivity index (χ2v) is 8.73. The van der Waals surface area contributed by atoms with E-state index in [1.54, 1.807) is 0 Å². The molecule has 0 saturated heterocycles. The third kappa shape index (κ3) is 5.14. The zero-order valence-corrected chi connectivity index (χ0v) is 20.1. The Bertz CT molecular complexity index is 1140. The average Bonchev–Trinajstić information content (AvgIpc) is 2.87. The molecule has 0 fully saturated rings. The van der Waals surface area contributed by atoms with Crippen molar-refractivity contribution in [3.63, 3.8) is 0 Å². The van der Waals surface area contributed by atoms with Gasteiger partial charge < -0.3 is 15.0 Å². The van der Waals surface area contributed by atoms with Crippen LogP contribution in [0.2, 0.25) is 0 Å². The van der Waals surface area contributed by atoms with Crippen LogP contribution in [0.4, 0.5) is 5.69 Å². The van der Waals surface area contributed by atoms with E-state index >= 15 is 0 Å². The maximum Gasteiger partial charge on any atom is 0.265 e. The number of anilines is 1. The van der Waals surface area contributed by atoms with Crippen LogP contribution in [0.5, 0.6) is 5.75 Å². The van der Waals surface area contributed by atoms with Gasteiger partial charge in [0, 0.05) is 18.7 Å². The van der Waals surface area contributed by atoms with Crippen LogP contribution in [0.25, 0.3) is 0 Å². The number of ether oxygens (including phenoxy) is 1. The molecular formula is C29H32N2O3. The van der Waals surface area contributed by atoms with Crippen LogP contribution >= 0.6 is 0 Å². The van der Waals surface area contributed by atoms with Gasteiger partial charge in [-0.3, -0.25) is 9.59 Å². The molecule has 0 aromatic heterocycles. The van der Waals surface area contributed by atoms with Crippen LogP contribution in [0.15, 0.2) is 72.8 Å². The summed E-state index contributed by atoms with van der Waals surface area (Å²) < 4.78 is 6.18. The molecule has 176 valence electrons. The quantitative estimate of drug-likeness (QED) is 0.498. The van der Waals surface area contributed by atoms with Crippen molar-refractivity contribution >= 4 is 17.5 Å². The molecule has 0 radical (unpaired) electrons. The smallest absolute Gasteiger partial charge is 0.265 e. The SMILES string of the molecule is CCC(=O)N1CCc2ccc(O[C@@H](CC)C(=O)Nc3ccc(C)cc3)cc2[C@@H]1c1ccccc1. The number of hydrogen-bond acceptors (Lipinski definition) is 3. The molecule has 3 aromatic carbocycles. The molecule has 2 amide bonds. The number of benzene rings is 3. The Kier molecular flexibility index (Phi) is 7.31. The molecule has 1 aliphatic heterocycles. The van der Waals surface area contributed by atoms with E-state index in [-0.39, 0.29) is 17.9 Å². The van der Waals surface area contributed by atoms with Gasteiger partial charge >= 0.3 is 0 Å². The molecule has 4 rings (SSSR count).